The van der Waals surface area contributed by atoms with E-state index in [4.69, 9.17) is 5.26 Å². The van der Waals surface area contributed by atoms with Crippen LogP contribution in [-0.4, -0.2) is 47.5 Å². The average Bonchev–Trinajstić information content (AvgIpc) is 3.09. The molecule has 1 aromatic carbocycles. The standard InChI is InChI=1S/C20H23FN4O/c1-2-20(26)24-10-7-17(8-11-24)23-19-4-3-9-25(19)14-15-5-6-18(21)16(12-15)13-22/h2-6,12,17,19,23H,1,7-11,14H2. The molecule has 0 aliphatic carbocycles. The number of piperidine rings is 1. The SMILES string of the molecule is C=CC(=O)N1CCC(NC2C=CCN2Cc2ccc(F)c(C#N)c2)CC1. The first kappa shape index (κ1) is 18.3. The van der Waals surface area contributed by atoms with Crippen LogP contribution in [0.2, 0.25) is 0 Å². The molecule has 6 heteroatoms. The minimum atomic E-state index is -0.480. The number of hydrogen-bond acceptors (Lipinski definition) is 4. The van der Waals surface area contributed by atoms with Crippen LogP contribution in [0.1, 0.15) is 24.0 Å². The summed E-state index contributed by atoms with van der Waals surface area (Å²) >= 11 is 0. The van der Waals surface area contributed by atoms with E-state index in [2.05, 4.69) is 28.9 Å². The second kappa shape index (κ2) is 8.26. The molecule has 2 heterocycles. The molecule has 1 N–H and O–H groups in total. The Balaban J connectivity index is 1.56. The second-order valence-corrected chi connectivity index (χ2v) is 6.70. The summed E-state index contributed by atoms with van der Waals surface area (Å²) in [4.78, 5) is 15.7. The molecule has 5 nitrogen and oxygen atoms in total. The quantitative estimate of drug-likeness (QED) is 0.650. The summed E-state index contributed by atoms with van der Waals surface area (Å²) in [6.45, 7) is 6.47. The molecule has 1 amide bonds. The predicted molar refractivity (Wildman–Crippen MR) is 97.4 cm³/mol. The number of hydrogen-bond donors (Lipinski definition) is 1. The van der Waals surface area contributed by atoms with E-state index in [1.165, 1.54) is 12.1 Å². The number of nitriles is 1. The van der Waals surface area contributed by atoms with Crippen LogP contribution in [0, 0.1) is 17.1 Å². The van der Waals surface area contributed by atoms with E-state index in [-0.39, 0.29) is 17.6 Å². The summed E-state index contributed by atoms with van der Waals surface area (Å²) in [6.07, 6.45) is 7.54. The topological polar surface area (TPSA) is 59.4 Å². The highest BCUT2D eigenvalue weighted by atomic mass is 19.1. The van der Waals surface area contributed by atoms with E-state index in [1.54, 1.807) is 12.1 Å². The van der Waals surface area contributed by atoms with Crippen molar-refractivity contribution in [3.63, 3.8) is 0 Å². The van der Waals surface area contributed by atoms with Gasteiger partial charge in [0.2, 0.25) is 5.91 Å². The molecule has 2 aliphatic heterocycles. The van der Waals surface area contributed by atoms with Crippen molar-refractivity contribution in [1.29, 1.82) is 5.26 Å². The molecule has 26 heavy (non-hydrogen) atoms. The fourth-order valence-electron chi connectivity index (χ4n) is 3.51. The van der Waals surface area contributed by atoms with Crippen LogP contribution in [0.4, 0.5) is 4.39 Å². The van der Waals surface area contributed by atoms with Gasteiger partial charge in [0.05, 0.1) is 11.7 Å². The van der Waals surface area contributed by atoms with Gasteiger partial charge in [-0.3, -0.25) is 15.0 Å². The predicted octanol–water partition coefficient (Wildman–Crippen LogP) is 2.16. The van der Waals surface area contributed by atoms with E-state index in [9.17, 15) is 9.18 Å². The number of carbonyl (C=O) groups excluding carboxylic acids is 1. The lowest BCUT2D eigenvalue weighted by atomic mass is 10.0. The first-order valence-electron chi connectivity index (χ1n) is 8.87. The third-order valence-electron chi connectivity index (χ3n) is 4.98. The zero-order chi connectivity index (χ0) is 18.5. The number of rotatable bonds is 5. The summed E-state index contributed by atoms with van der Waals surface area (Å²) in [7, 11) is 0. The molecule has 1 fully saturated rings. The zero-order valence-corrected chi connectivity index (χ0v) is 14.7. The lowest BCUT2D eigenvalue weighted by Crippen LogP contribution is -2.50. The van der Waals surface area contributed by atoms with Gasteiger partial charge in [-0.05, 0) is 36.6 Å². The van der Waals surface area contributed by atoms with Crippen LogP contribution >= 0.6 is 0 Å². The highest BCUT2D eigenvalue weighted by molar-refractivity contribution is 5.87. The Morgan fingerprint density at radius 2 is 2.19 bits per heavy atom. The van der Waals surface area contributed by atoms with Gasteiger partial charge in [0, 0.05) is 32.2 Å². The molecule has 1 unspecified atom stereocenters. The third kappa shape index (κ3) is 4.18. The number of benzene rings is 1. The van der Waals surface area contributed by atoms with Gasteiger partial charge in [0.15, 0.2) is 0 Å². The van der Waals surface area contributed by atoms with Gasteiger partial charge in [-0.25, -0.2) is 4.39 Å². The van der Waals surface area contributed by atoms with Crippen LogP contribution in [0.5, 0.6) is 0 Å². The van der Waals surface area contributed by atoms with Gasteiger partial charge in [-0.1, -0.05) is 24.8 Å². The minimum Gasteiger partial charge on any atom is -0.339 e. The lowest BCUT2D eigenvalue weighted by Gasteiger charge is -2.35. The maximum absolute atomic E-state index is 13.5. The van der Waals surface area contributed by atoms with Crippen molar-refractivity contribution < 1.29 is 9.18 Å². The smallest absolute Gasteiger partial charge is 0.245 e. The van der Waals surface area contributed by atoms with Crippen molar-refractivity contribution in [1.82, 2.24) is 15.1 Å². The molecule has 1 aromatic rings. The van der Waals surface area contributed by atoms with E-state index < -0.39 is 5.82 Å². The van der Waals surface area contributed by atoms with Crippen molar-refractivity contribution in [2.24, 2.45) is 0 Å². The van der Waals surface area contributed by atoms with E-state index in [0.717, 1.165) is 38.0 Å². The molecule has 3 rings (SSSR count). The molecule has 1 atom stereocenters. The fraction of sp³-hybridized carbons (Fsp3) is 0.400. The Labute approximate surface area is 153 Å². The summed E-state index contributed by atoms with van der Waals surface area (Å²) in [5, 5.41) is 12.6. The van der Waals surface area contributed by atoms with E-state index >= 15 is 0 Å². The lowest BCUT2D eigenvalue weighted by molar-refractivity contribution is -0.127. The van der Waals surface area contributed by atoms with Crippen molar-refractivity contribution in [2.75, 3.05) is 19.6 Å². The Morgan fingerprint density at radius 3 is 2.88 bits per heavy atom. The first-order valence-corrected chi connectivity index (χ1v) is 8.87. The summed E-state index contributed by atoms with van der Waals surface area (Å²) in [6, 6.07) is 6.94. The van der Waals surface area contributed by atoms with Crippen LogP contribution in [0.25, 0.3) is 0 Å². The van der Waals surface area contributed by atoms with Gasteiger partial charge < -0.3 is 4.90 Å². The molecular weight excluding hydrogens is 331 g/mol. The van der Waals surface area contributed by atoms with Crippen LogP contribution in [0.15, 0.2) is 43.0 Å². The number of likely N-dealkylation sites (tertiary alicyclic amines) is 1. The van der Waals surface area contributed by atoms with E-state index in [0.29, 0.717) is 12.6 Å². The number of halogens is 1. The molecule has 0 saturated carbocycles. The number of amides is 1. The average molecular weight is 354 g/mol. The minimum absolute atomic E-state index is 0.00422. The Kier molecular flexibility index (Phi) is 5.82. The van der Waals surface area contributed by atoms with Crippen molar-refractivity contribution in [3.8, 4) is 6.07 Å². The maximum atomic E-state index is 13.5. The fourth-order valence-corrected chi connectivity index (χ4v) is 3.51. The number of nitrogens with one attached hydrogen (secondary N) is 1. The normalized spacial score (nSPS) is 20.9. The van der Waals surface area contributed by atoms with Crippen LogP contribution in [-0.2, 0) is 11.3 Å². The zero-order valence-electron chi connectivity index (χ0n) is 14.7. The molecule has 136 valence electrons. The van der Waals surface area contributed by atoms with Crippen molar-refractivity contribution in [2.45, 2.75) is 31.6 Å². The number of nitrogens with zero attached hydrogens (tertiary/aromatic N) is 3. The van der Waals surface area contributed by atoms with Crippen LogP contribution < -0.4 is 5.32 Å². The third-order valence-corrected chi connectivity index (χ3v) is 4.98. The van der Waals surface area contributed by atoms with Crippen molar-refractivity contribution >= 4 is 5.91 Å². The Hall–Kier alpha value is -2.49. The molecule has 2 aliphatic rings. The monoisotopic (exact) mass is 354 g/mol. The van der Waals surface area contributed by atoms with Crippen molar-refractivity contribution in [3.05, 3.63) is 60.0 Å². The second-order valence-electron chi connectivity index (χ2n) is 6.70. The van der Waals surface area contributed by atoms with Gasteiger partial charge in [-0.15, -0.1) is 0 Å². The van der Waals surface area contributed by atoms with Gasteiger partial charge in [-0.2, -0.15) is 5.26 Å². The van der Waals surface area contributed by atoms with Gasteiger partial charge in [0.25, 0.3) is 0 Å². The molecule has 0 bridgehead atoms. The summed E-state index contributed by atoms with van der Waals surface area (Å²) < 4.78 is 13.5. The molecular formula is C20H23FN4O. The van der Waals surface area contributed by atoms with Gasteiger partial charge in [0.1, 0.15) is 11.9 Å². The molecule has 0 spiro atoms. The summed E-state index contributed by atoms with van der Waals surface area (Å²) in [5.74, 6) is -0.484. The maximum Gasteiger partial charge on any atom is 0.245 e. The Morgan fingerprint density at radius 1 is 1.42 bits per heavy atom. The van der Waals surface area contributed by atoms with Gasteiger partial charge >= 0.3 is 0 Å². The molecule has 0 aromatic heterocycles. The highest BCUT2D eigenvalue weighted by Gasteiger charge is 2.26. The molecule has 0 radical (unpaired) electrons. The molecule has 1 saturated heterocycles. The van der Waals surface area contributed by atoms with Crippen LogP contribution in [0.3, 0.4) is 0 Å². The Bertz CT molecular complexity index is 747. The number of carbonyl (C=O) groups is 1. The first-order chi connectivity index (χ1) is 12.6. The summed E-state index contributed by atoms with van der Waals surface area (Å²) in [5.41, 5.74) is 1.00. The largest absolute Gasteiger partial charge is 0.339 e. The van der Waals surface area contributed by atoms with E-state index in [1.807, 2.05) is 11.0 Å². The highest BCUT2D eigenvalue weighted by Crippen LogP contribution is 2.18.